The zero-order valence-electron chi connectivity index (χ0n) is 21.2. The van der Waals surface area contributed by atoms with Gasteiger partial charge in [0.15, 0.2) is 5.43 Å². The standard InChI is InChI=1S/C30H30N2O5/c1-18-16-24(20(3)31-26-7-5-4-6-23(26)30(34)35)29-25(17-18)27(33)19(2)28(37-29)21-8-10-22(11-9-21)32-12-14-36-15-13-32/h4-11,16-17,20,31H,12-15H2,1-3H3,(H,34,35). The molecule has 7 nitrogen and oxygen atoms in total. The summed E-state index contributed by atoms with van der Waals surface area (Å²) < 4.78 is 11.9. The minimum atomic E-state index is -1.01. The Morgan fingerprint density at radius 3 is 2.43 bits per heavy atom. The first-order chi connectivity index (χ1) is 17.8. The monoisotopic (exact) mass is 498 g/mol. The highest BCUT2D eigenvalue weighted by atomic mass is 16.5. The van der Waals surface area contributed by atoms with Crippen LogP contribution in [0.1, 0.15) is 40.0 Å². The zero-order chi connectivity index (χ0) is 26.1. The van der Waals surface area contributed by atoms with Gasteiger partial charge in [0, 0.05) is 41.2 Å². The Morgan fingerprint density at radius 2 is 1.73 bits per heavy atom. The molecule has 0 saturated carbocycles. The normalized spacial score (nSPS) is 14.5. The molecule has 1 atom stereocenters. The van der Waals surface area contributed by atoms with Crippen LogP contribution in [0.2, 0.25) is 0 Å². The molecule has 1 fully saturated rings. The van der Waals surface area contributed by atoms with Gasteiger partial charge in [-0.05, 0) is 68.8 Å². The first-order valence-electron chi connectivity index (χ1n) is 12.4. The second kappa shape index (κ2) is 10.1. The Balaban J connectivity index is 1.57. The number of aromatic carboxylic acids is 1. The summed E-state index contributed by atoms with van der Waals surface area (Å²) in [6.07, 6.45) is 0. The van der Waals surface area contributed by atoms with Crippen molar-refractivity contribution in [1.29, 1.82) is 0 Å². The van der Waals surface area contributed by atoms with Gasteiger partial charge in [-0.1, -0.05) is 18.2 Å². The third-order valence-electron chi connectivity index (χ3n) is 6.89. The molecule has 0 amide bonds. The van der Waals surface area contributed by atoms with Gasteiger partial charge < -0.3 is 24.5 Å². The number of nitrogens with zero attached hydrogens (tertiary/aromatic N) is 1. The summed E-state index contributed by atoms with van der Waals surface area (Å²) in [7, 11) is 0. The Labute approximate surface area is 215 Å². The molecule has 5 rings (SSSR count). The zero-order valence-corrected chi connectivity index (χ0v) is 21.2. The van der Waals surface area contributed by atoms with Crippen LogP contribution in [0, 0.1) is 13.8 Å². The van der Waals surface area contributed by atoms with Crippen LogP contribution < -0.4 is 15.6 Å². The lowest BCUT2D eigenvalue weighted by Gasteiger charge is -2.28. The molecule has 1 aromatic heterocycles. The van der Waals surface area contributed by atoms with Gasteiger partial charge in [0.05, 0.1) is 30.2 Å². The fraction of sp³-hybridized carbons (Fsp3) is 0.267. The van der Waals surface area contributed by atoms with E-state index >= 15 is 0 Å². The van der Waals surface area contributed by atoms with Gasteiger partial charge in [-0.3, -0.25) is 4.79 Å². The molecule has 0 bridgehead atoms. The highest BCUT2D eigenvalue weighted by molar-refractivity contribution is 5.94. The van der Waals surface area contributed by atoms with Crippen molar-refractivity contribution in [1.82, 2.24) is 0 Å². The summed E-state index contributed by atoms with van der Waals surface area (Å²) in [5, 5.41) is 13.4. The van der Waals surface area contributed by atoms with Gasteiger partial charge in [-0.15, -0.1) is 0 Å². The third-order valence-corrected chi connectivity index (χ3v) is 6.89. The highest BCUT2D eigenvalue weighted by Gasteiger charge is 2.20. The second-order valence-electron chi connectivity index (χ2n) is 9.48. The molecule has 0 radical (unpaired) electrons. The van der Waals surface area contributed by atoms with E-state index in [4.69, 9.17) is 9.15 Å². The van der Waals surface area contributed by atoms with Crippen LogP contribution in [0.5, 0.6) is 0 Å². The quantitative estimate of drug-likeness (QED) is 0.348. The molecular weight excluding hydrogens is 468 g/mol. The van der Waals surface area contributed by atoms with Gasteiger partial charge in [0.2, 0.25) is 0 Å². The molecule has 2 heterocycles. The maximum atomic E-state index is 13.5. The van der Waals surface area contributed by atoms with Crippen LogP contribution in [0.15, 0.2) is 69.9 Å². The number of para-hydroxylation sites is 1. The Morgan fingerprint density at radius 1 is 1.03 bits per heavy atom. The first-order valence-corrected chi connectivity index (χ1v) is 12.4. The number of rotatable bonds is 6. The molecular formula is C30H30N2O5. The smallest absolute Gasteiger partial charge is 0.337 e. The summed E-state index contributed by atoms with van der Waals surface area (Å²) >= 11 is 0. The van der Waals surface area contributed by atoms with E-state index in [-0.39, 0.29) is 17.0 Å². The Hall–Kier alpha value is -4.10. The summed E-state index contributed by atoms with van der Waals surface area (Å²) in [5.41, 5.74) is 5.33. The fourth-order valence-corrected chi connectivity index (χ4v) is 4.92. The molecule has 1 aliphatic heterocycles. The fourth-order valence-electron chi connectivity index (χ4n) is 4.92. The molecule has 1 unspecified atom stereocenters. The number of hydrogen-bond acceptors (Lipinski definition) is 6. The largest absolute Gasteiger partial charge is 0.478 e. The summed E-state index contributed by atoms with van der Waals surface area (Å²) in [6, 6.07) is 18.4. The number of aryl methyl sites for hydroxylation is 1. The molecule has 4 aromatic rings. The number of carbonyl (C=O) groups is 1. The number of carboxylic acid groups (broad SMARTS) is 1. The van der Waals surface area contributed by atoms with Crippen molar-refractivity contribution < 1.29 is 19.1 Å². The summed E-state index contributed by atoms with van der Waals surface area (Å²) in [4.78, 5) is 27.5. The van der Waals surface area contributed by atoms with Crippen molar-refractivity contribution in [2.24, 2.45) is 0 Å². The maximum absolute atomic E-state index is 13.5. The van der Waals surface area contributed by atoms with Crippen LogP contribution in [0.3, 0.4) is 0 Å². The number of carboxylic acids is 1. The molecule has 1 aliphatic rings. The van der Waals surface area contributed by atoms with E-state index in [0.29, 0.717) is 41.2 Å². The predicted octanol–water partition coefficient (Wildman–Crippen LogP) is 5.78. The maximum Gasteiger partial charge on any atom is 0.337 e. The van der Waals surface area contributed by atoms with Gasteiger partial charge >= 0.3 is 5.97 Å². The lowest BCUT2D eigenvalue weighted by atomic mass is 9.98. The van der Waals surface area contributed by atoms with E-state index < -0.39 is 5.97 Å². The molecule has 3 aromatic carbocycles. The summed E-state index contributed by atoms with van der Waals surface area (Å²) in [6.45, 7) is 8.79. The van der Waals surface area contributed by atoms with E-state index in [0.717, 1.165) is 35.5 Å². The van der Waals surface area contributed by atoms with E-state index in [1.807, 2.05) is 50.2 Å². The molecule has 37 heavy (non-hydrogen) atoms. The van der Waals surface area contributed by atoms with Crippen molar-refractivity contribution in [2.45, 2.75) is 26.8 Å². The first kappa shape index (κ1) is 24.6. The third kappa shape index (κ3) is 4.82. The van der Waals surface area contributed by atoms with E-state index in [9.17, 15) is 14.7 Å². The van der Waals surface area contributed by atoms with Crippen molar-refractivity contribution in [2.75, 3.05) is 36.5 Å². The minimum Gasteiger partial charge on any atom is -0.478 e. The molecule has 1 saturated heterocycles. The molecule has 190 valence electrons. The van der Waals surface area contributed by atoms with Gasteiger partial charge in [0.25, 0.3) is 0 Å². The number of morpholine rings is 1. The topological polar surface area (TPSA) is 92.0 Å². The van der Waals surface area contributed by atoms with Crippen LogP contribution in [-0.4, -0.2) is 37.4 Å². The average molecular weight is 499 g/mol. The number of benzene rings is 3. The van der Waals surface area contributed by atoms with Crippen molar-refractivity contribution in [3.8, 4) is 11.3 Å². The van der Waals surface area contributed by atoms with Crippen molar-refractivity contribution in [3.63, 3.8) is 0 Å². The van der Waals surface area contributed by atoms with E-state index in [2.05, 4.69) is 10.2 Å². The van der Waals surface area contributed by atoms with E-state index in [1.54, 1.807) is 31.2 Å². The summed E-state index contributed by atoms with van der Waals surface area (Å²) in [5.74, 6) is -0.469. The molecule has 0 aliphatic carbocycles. The van der Waals surface area contributed by atoms with Gasteiger partial charge in [-0.2, -0.15) is 0 Å². The Kier molecular flexibility index (Phi) is 6.72. The number of fused-ring (bicyclic) bond motifs is 1. The number of nitrogens with one attached hydrogen (secondary N) is 1. The minimum absolute atomic E-state index is 0.0726. The lowest BCUT2D eigenvalue weighted by Crippen LogP contribution is -2.36. The van der Waals surface area contributed by atoms with E-state index in [1.165, 1.54) is 0 Å². The SMILES string of the molecule is Cc1cc(C(C)Nc2ccccc2C(=O)O)c2oc(-c3ccc(N4CCOCC4)cc3)c(C)c(=O)c2c1. The molecule has 0 spiro atoms. The number of ether oxygens (including phenoxy) is 1. The number of anilines is 2. The molecule has 2 N–H and O–H groups in total. The van der Waals surface area contributed by atoms with Crippen LogP contribution in [0.25, 0.3) is 22.3 Å². The van der Waals surface area contributed by atoms with Gasteiger partial charge in [-0.25, -0.2) is 4.79 Å². The van der Waals surface area contributed by atoms with Crippen LogP contribution >= 0.6 is 0 Å². The second-order valence-corrected chi connectivity index (χ2v) is 9.48. The lowest BCUT2D eigenvalue weighted by molar-refractivity contribution is 0.0698. The predicted molar refractivity (Wildman–Crippen MR) is 146 cm³/mol. The average Bonchev–Trinajstić information content (AvgIpc) is 2.91. The van der Waals surface area contributed by atoms with Crippen molar-refractivity contribution in [3.05, 3.63) is 93.1 Å². The van der Waals surface area contributed by atoms with Gasteiger partial charge in [0.1, 0.15) is 11.3 Å². The molecule has 7 heteroatoms. The number of hydrogen-bond donors (Lipinski definition) is 2. The van der Waals surface area contributed by atoms with Crippen LogP contribution in [0.4, 0.5) is 11.4 Å². The Bertz CT molecular complexity index is 1520. The van der Waals surface area contributed by atoms with Crippen molar-refractivity contribution >= 4 is 28.3 Å². The van der Waals surface area contributed by atoms with Crippen LogP contribution in [-0.2, 0) is 4.74 Å². The highest BCUT2D eigenvalue weighted by Crippen LogP contribution is 2.33.